The molecule has 0 atom stereocenters. The second-order valence-corrected chi connectivity index (χ2v) is 17.1. The Balaban J connectivity index is 1.61. The Morgan fingerprint density at radius 2 is 0.961 bits per heavy atom. The average Bonchev–Trinajstić information content (AvgIpc) is 3.06. The zero-order valence-corrected chi connectivity index (χ0v) is 33.0. The van der Waals surface area contributed by atoms with Crippen LogP contribution in [-0.2, 0) is 20.2 Å². The quantitative estimate of drug-likeness (QED) is 0.0586. The van der Waals surface area contributed by atoms with Crippen molar-refractivity contribution in [2.24, 2.45) is 0 Å². The Kier molecular flexibility index (Phi) is 11.4. The second kappa shape index (κ2) is 15.1. The number of hydrogen-bond acceptors (Lipinski definition) is 8. The largest absolute Gasteiger partial charge is 0.355 e. The molecule has 12 heteroatoms. The summed E-state index contributed by atoms with van der Waals surface area (Å²) in [5.74, 6) is -0.739. The third-order valence-corrected chi connectivity index (χ3v) is 12.9. The van der Waals surface area contributed by atoms with Crippen LogP contribution in [0.5, 0.6) is 0 Å². The summed E-state index contributed by atoms with van der Waals surface area (Å²) < 4.78 is 69.5. The molecule has 0 saturated carbocycles. The van der Waals surface area contributed by atoms with Crippen molar-refractivity contribution in [1.29, 1.82) is 0 Å². The van der Waals surface area contributed by atoms with Crippen LogP contribution in [0.2, 0.25) is 0 Å². The van der Waals surface area contributed by atoms with E-state index in [2.05, 4.69) is 76.8 Å². The molecular weight excluding hydrogens is 721 g/mol. The van der Waals surface area contributed by atoms with Crippen molar-refractivity contribution in [2.75, 3.05) is 23.1 Å². The average molecular weight is 763 g/mol. The standard InChI is InChI=1S/C39H42N2O6S4/c1-22-19-24(3)38(48-7)26(5)36(22)40-30-13-9-28(10-14-30)35(33-18-17-32(50(42,43)44)21-34(33)51(45,46)47)29-11-15-31(16-12-29)41-37-23(2)20-25(4)39(49-8)27(37)6/h9-21,35,40-41H,1-8H3,(H,42,43,44)(H,45,46,47). The summed E-state index contributed by atoms with van der Waals surface area (Å²) in [4.78, 5) is 1.17. The van der Waals surface area contributed by atoms with Crippen LogP contribution >= 0.6 is 23.5 Å². The zero-order chi connectivity index (χ0) is 37.4. The Hall–Kier alpha value is -3.78. The molecule has 0 unspecified atom stereocenters. The lowest BCUT2D eigenvalue weighted by atomic mass is 9.85. The molecule has 5 rings (SSSR count). The van der Waals surface area contributed by atoms with Crippen molar-refractivity contribution < 1.29 is 25.9 Å². The lowest BCUT2D eigenvalue weighted by molar-refractivity contribution is 0.480. The van der Waals surface area contributed by atoms with Gasteiger partial charge >= 0.3 is 0 Å². The van der Waals surface area contributed by atoms with E-state index >= 15 is 0 Å². The Bertz CT molecular complexity index is 2230. The van der Waals surface area contributed by atoms with Crippen molar-refractivity contribution >= 4 is 66.5 Å². The summed E-state index contributed by atoms with van der Waals surface area (Å²) in [5.41, 5.74) is 12.1. The van der Waals surface area contributed by atoms with Crippen LogP contribution < -0.4 is 10.6 Å². The smallest absolute Gasteiger partial charge is 0.294 e. The van der Waals surface area contributed by atoms with E-state index in [0.29, 0.717) is 11.1 Å². The number of hydrogen-bond donors (Lipinski definition) is 4. The van der Waals surface area contributed by atoms with Gasteiger partial charge in [-0.1, -0.05) is 42.5 Å². The monoisotopic (exact) mass is 762 g/mol. The fourth-order valence-corrected chi connectivity index (χ4v) is 9.76. The third kappa shape index (κ3) is 8.16. The first-order chi connectivity index (χ1) is 23.9. The van der Waals surface area contributed by atoms with E-state index in [1.807, 2.05) is 48.5 Å². The Morgan fingerprint density at radius 1 is 0.549 bits per heavy atom. The van der Waals surface area contributed by atoms with Crippen LogP contribution in [0.4, 0.5) is 22.7 Å². The fraction of sp³-hybridized carbons (Fsp3) is 0.231. The number of aryl methyl sites for hydroxylation is 4. The third-order valence-electron chi connectivity index (χ3n) is 9.11. The van der Waals surface area contributed by atoms with E-state index < -0.39 is 35.9 Å². The van der Waals surface area contributed by atoms with Gasteiger partial charge in [0.25, 0.3) is 20.2 Å². The summed E-state index contributed by atoms with van der Waals surface area (Å²) >= 11 is 3.40. The fourth-order valence-electron chi connectivity index (χ4n) is 6.84. The maximum atomic E-state index is 12.8. The predicted octanol–water partition coefficient (Wildman–Crippen LogP) is 10.1. The van der Waals surface area contributed by atoms with E-state index in [1.165, 1.54) is 27.0 Å². The molecule has 268 valence electrons. The van der Waals surface area contributed by atoms with Crippen molar-refractivity contribution in [3.05, 3.63) is 129 Å². The SMILES string of the molecule is CSc1c(C)cc(C)c(Nc2ccc(C(c3ccc(Nc4c(C)cc(C)c(SC)c4C)cc3)c3ccc(S(=O)(=O)O)cc3S(=O)(=O)O)cc2)c1C. The number of nitrogens with one attached hydrogen (secondary N) is 2. The lowest BCUT2D eigenvalue weighted by Crippen LogP contribution is -2.12. The topological polar surface area (TPSA) is 133 Å². The van der Waals surface area contributed by atoms with Gasteiger partial charge < -0.3 is 10.6 Å². The van der Waals surface area contributed by atoms with Crippen molar-refractivity contribution in [2.45, 2.75) is 67.0 Å². The van der Waals surface area contributed by atoms with Gasteiger partial charge in [-0.05, 0) is 141 Å². The highest BCUT2D eigenvalue weighted by atomic mass is 32.2. The minimum absolute atomic E-state index is 0.149. The van der Waals surface area contributed by atoms with Crippen LogP contribution in [0.1, 0.15) is 56.0 Å². The van der Waals surface area contributed by atoms with Crippen LogP contribution in [0.25, 0.3) is 0 Å². The Morgan fingerprint density at radius 3 is 1.31 bits per heavy atom. The summed E-state index contributed by atoms with van der Waals surface area (Å²) in [6, 6.07) is 22.7. The van der Waals surface area contributed by atoms with E-state index in [9.17, 15) is 25.9 Å². The Labute approximate surface area is 310 Å². The molecule has 0 aliphatic heterocycles. The summed E-state index contributed by atoms with van der Waals surface area (Å²) in [6.07, 6.45) is 4.11. The molecule has 0 aliphatic rings. The number of thioether (sulfide) groups is 2. The highest BCUT2D eigenvalue weighted by Gasteiger charge is 2.28. The molecule has 0 saturated heterocycles. The van der Waals surface area contributed by atoms with Crippen molar-refractivity contribution in [1.82, 2.24) is 0 Å². The molecule has 4 N–H and O–H groups in total. The molecule has 0 aromatic heterocycles. The zero-order valence-electron chi connectivity index (χ0n) is 29.7. The first-order valence-corrected chi connectivity index (χ1v) is 21.4. The predicted molar refractivity (Wildman–Crippen MR) is 211 cm³/mol. The molecule has 8 nitrogen and oxygen atoms in total. The molecule has 0 fully saturated rings. The normalized spacial score (nSPS) is 12.0. The first-order valence-electron chi connectivity index (χ1n) is 16.1. The van der Waals surface area contributed by atoms with E-state index in [1.54, 1.807) is 23.5 Å². The van der Waals surface area contributed by atoms with Gasteiger partial charge in [0.2, 0.25) is 0 Å². The maximum Gasteiger partial charge on any atom is 0.294 e. The van der Waals surface area contributed by atoms with Crippen molar-refractivity contribution in [3.63, 3.8) is 0 Å². The number of anilines is 4. The summed E-state index contributed by atoms with van der Waals surface area (Å²) in [5, 5.41) is 7.09. The van der Waals surface area contributed by atoms with Gasteiger partial charge in [0.05, 0.1) is 9.79 Å². The minimum atomic E-state index is -4.92. The molecule has 51 heavy (non-hydrogen) atoms. The molecule has 0 bridgehead atoms. The summed E-state index contributed by atoms with van der Waals surface area (Å²) in [7, 11) is -9.67. The molecule has 0 aliphatic carbocycles. The molecular formula is C39H42N2O6S4. The van der Waals surface area contributed by atoms with Gasteiger partial charge in [0.1, 0.15) is 0 Å². The van der Waals surface area contributed by atoms with Gasteiger partial charge in [0.15, 0.2) is 0 Å². The van der Waals surface area contributed by atoms with Gasteiger partial charge in [-0.15, -0.1) is 23.5 Å². The number of rotatable bonds is 11. The number of benzene rings is 5. The molecule has 0 radical (unpaired) electrons. The van der Waals surface area contributed by atoms with Crippen LogP contribution in [0, 0.1) is 41.5 Å². The molecule has 5 aromatic rings. The van der Waals surface area contributed by atoms with Crippen LogP contribution in [0.3, 0.4) is 0 Å². The van der Waals surface area contributed by atoms with Crippen molar-refractivity contribution in [3.8, 4) is 0 Å². The first kappa shape index (κ1) is 38.5. The minimum Gasteiger partial charge on any atom is -0.355 e. The molecule has 0 amide bonds. The highest BCUT2D eigenvalue weighted by molar-refractivity contribution is 7.99. The highest BCUT2D eigenvalue weighted by Crippen LogP contribution is 2.40. The van der Waals surface area contributed by atoms with E-state index in [4.69, 9.17) is 0 Å². The van der Waals surface area contributed by atoms with Crippen LogP contribution in [-0.4, -0.2) is 38.5 Å². The van der Waals surface area contributed by atoms with E-state index in [-0.39, 0.29) is 5.56 Å². The molecule has 0 spiro atoms. The van der Waals surface area contributed by atoms with Gasteiger partial charge in [-0.2, -0.15) is 16.8 Å². The molecule has 0 heterocycles. The van der Waals surface area contributed by atoms with Gasteiger partial charge in [0, 0.05) is 38.5 Å². The second-order valence-electron chi connectivity index (χ2n) is 12.7. The molecule has 5 aromatic carbocycles. The lowest BCUT2D eigenvalue weighted by Gasteiger charge is -2.23. The van der Waals surface area contributed by atoms with E-state index in [0.717, 1.165) is 57.1 Å². The van der Waals surface area contributed by atoms with Gasteiger partial charge in [-0.25, -0.2) is 0 Å². The van der Waals surface area contributed by atoms with Crippen LogP contribution in [0.15, 0.2) is 98.4 Å². The maximum absolute atomic E-state index is 12.8. The summed E-state index contributed by atoms with van der Waals surface area (Å²) in [6.45, 7) is 12.5. The van der Waals surface area contributed by atoms with Gasteiger partial charge in [-0.3, -0.25) is 9.11 Å².